The summed E-state index contributed by atoms with van der Waals surface area (Å²) < 4.78 is 10.7. The minimum Gasteiger partial charge on any atom is -0.377 e. The van der Waals surface area contributed by atoms with Gasteiger partial charge in [-0.2, -0.15) is 0 Å². The standard InChI is InChI=1S/C8H17NO2/c1-8(11-4)6-9(2)5-7(8)10-3/h7H,5-6H2,1-4H3/t7-,8+/m0/s1. The third-order valence-electron chi connectivity index (χ3n) is 2.49. The Bertz CT molecular complexity index is 140. The number of hydrogen-bond donors (Lipinski definition) is 0. The van der Waals surface area contributed by atoms with Crippen LogP contribution in [0.25, 0.3) is 0 Å². The molecule has 0 unspecified atom stereocenters. The fourth-order valence-electron chi connectivity index (χ4n) is 1.70. The normalized spacial score (nSPS) is 39.8. The van der Waals surface area contributed by atoms with E-state index in [1.54, 1.807) is 14.2 Å². The summed E-state index contributed by atoms with van der Waals surface area (Å²) in [6, 6.07) is 0. The van der Waals surface area contributed by atoms with Gasteiger partial charge in [-0.15, -0.1) is 0 Å². The van der Waals surface area contributed by atoms with Gasteiger partial charge in [0.15, 0.2) is 0 Å². The predicted molar refractivity (Wildman–Crippen MR) is 43.7 cm³/mol. The van der Waals surface area contributed by atoms with Crippen LogP contribution in [-0.4, -0.2) is 51.0 Å². The van der Waals surface area contributed by atoms with Crippen molar-refractivity contribution >= 4 is 0 Å². The first-order valence-corrected chi connectivity index (χ1v) is 3.89. The van der Waals surface area contributed by atoms with Gasteiger partial charge >= 0.3 is 0 Å². The summed E-state index contributed by atoms with van der Waals surface area (Å²) in [7, 11) is 5.56. The lowest BCUT2D eigenvalue weighted by atomic mass is 10.0. The van der Waals surface area contributed by atoms with Gasteiger partial charge < -0.3 is 14.4 Å². The van der Waals surface area contributed by atoms with Gasteiger partial charge in [0.2, 0.25) is 0 Å². The van der Waals surface area contributed by atoms with Crippen LogP contribution in [0, 0.1) is 0 Å². The van der Waals surface area contributed by atoms with E-state index >= 15 is 0 Å². The maximum Gasteiger partial charge on any atom is 0.105 e. The summed E-state index contributed by atoms with van der Waals surface area (Å²) in [6.45, 7) is 3.99. The number of methoxy groups -OCH3 is 2. The molecule has 1 aliphatic rings. The van der Waals surface area contributed by atoms with Gasteiger partial charge in [0.25, 0.3) is 0 Å². The van der Waals surface area contributed by atoms with Crippen LogP contribution in [0.5, 0.6) is 0 Å². The first-order chi connectivity index (χ1) is 5.12. The molecule has 2 atom stereocenters. The summed E-state index contributed by atoms with van der Waals surface area (Å²) in [5, 5.41) is 0. The molecule has 0 N–H and O–H groups in total. The lowest BCUT2D eigenvalue weighted by Gasteiger charge is -2.27. The Kier molecular flexibility index (Phi) is 2.52. The molecule has 1 rings (SSSR count). The van der Waals surface area contributed by atoms with Crippen LogP contribution in [0.3, 0.4) is 0 Å². The predicted octanol–water partition coefficient (Wildman–Crippen LogP) is 0.352. The Hall–Kier alpha value is -0.120. The molecule has 1 fully saturated rings. The summed E-state index contributed by atoms with van der Waals surface area (Å²) >= 11 is 0. The van der Waals surface area contributed by atoms with E-state index in [0.29, 0.717) is 0 Å². The molecule has 0 aromatic carbocycles. The Morgan fingerprint density at radius 1 is 1.45 bits per heavy atom. The van der Waals surface area contributed by atoms with Crippen molar-refractivity contribution in [2.75, 3.05) is 34.4 Å². The number of hydrogen-bond acceptors (Lipinski definition) is 3. The second-order valence-corrected chi connectivity index (χ2v) is 3.44. The zero-order valence-corrected chi connectivity index (χ0v) is 7.76. The zero-order valence-electron chi connectivity index (χ0n) is 7.76. The molecule has 1 aliphatic heterocycles. The fraction of sp³-hybridized carbons (Fsp3) is 1.00. The van der Waals surface area contributed by atoms with E-state index < -0.39 is 0 Å². The van der Waals surface area contributed by atoms with E-state index in [4.69, 9.17) is 9.47 Å². The Morgan fingerprint density at radius 2 is 2.09 bits per heavy atom. The third-order valence-corrected chi connectivity index (χ3v) is 2.49. The van der Waals surface area contributed by atoms with E-state index in [1.807, 2.05) is 0 Å². The topological polar surface area (TPSA) is 21.7 Å². The minimum absolute atomic E-state index is 0.122. The molecule has 0 aliphatic carbocycles. The minimum atomic E-state index is -0.122. The first-order valence-electron chi connectivity index (χ1n) is 3.89. The van der Waals surface area contributed by atoms with Crippen LogP contribution in [0.15, 0.2) is 0 Å². The lowest BCUT2D eigenvalue weighted by Crippen LogP contribution is -2.41. The number of ether oxygens (including phenoxy) is 2. The van der Waals surface area contributed by atoms with Crippen molar-refractivity contribution in [2.45, 2.75) is 18.6 Å². The average Bonchev–Trinajstić information content (AvgIpc) is 2.27. The van der Waals surface area contributed by atoms with Crippen molar-refractivity contribution in [3.8, 4) is 0 Å². The second kappa shape index (κ2) is 3.09. The maximum atomic E-state index is 5.41. The van der Waals surface area contributed by atoms with Crippen molar-refractivity contribution in [3.05, 3.63) is 0 Å². The molecule has 1 saturated heterocycles. The summed E-state index contributed by atoms with van der Waals surface area (Å²) in [5.41, 5.74) is -0.122. The molecule has 11 heavy (non-hydrogen) atoms. The molecule has 0 radical (unpaired) electrons. The molecule has 0 amide bonds. The second-order valence-electron chi connectivity index (χ2n) is 3.44. The van der Waals surface area contributed by atoms with E-state index in [0.717, 1.165) is 13.1 Å². The van der Waals surface area contributed by atoms with Crippen molar-refractivity contribution in [3.63, 3.8) is 0 Å². The smallest absolute Gasteiger partial charge is 0.105 e. The molecular formula is C8H17NO2. The van der Waals surface area contributed by atoms with E-state index in [2.05, 4.69) is 18.9 Å². The summed E-state index contributed by atoms with van der Waals surface area (Å²) in [5.74, 6) is 0. The van der Waals surface area contributed by atoms with Crippen LogP contribution < -0.4 is 0 Å². The molecular weight excluding hydrogens is 142 g/mol. The van der Waals surface area contributed by atoms with Crippen LogP contribution in [0.1, 0.15) is 6.92 Å². The molecule has 0 bridgehead atoms. The Labute approximate surface area is 68.3 Å². The molecule has 66 valence electrons. The largest absolute Gasteiger partial charge is 0.377 e. The Balaban J connectivity index is 2.63. The van der Waals surface area contributed by atoms with E-state index in [-0.39, 0.29) is 11.7 Å². The fourth-order valence-corrected chi connectivity index (χ4v) is 1.70. The van der Waals surface area contributed by atoms with Gasteiger partial charge in [-0.25, -0.2) is 0 Å². The number of rotatable bonds is 2. The molecule has 0 aromatic heterocycles. The van der Waals surface area contributed by atoms with Crippen LogP contribution in [0.2, 0.25) is 0 Å². The van der Waals surface area contributed by atoms with Gasteiger partial charge in [-0.05, 0) is 14.0 Å². The highest BCUT2D eigenvalue weighted by molar-refractivity contribution is 4.95. The van der Waals surface area contributed by atoms with Gasteiger partial charge in [-0.3, -0.25) is 0 Å². The molecule has 0 spiro atoms. The van der Waals surface area contributed by atoms with E-state index in [9.17, 15) is 0 Å². The summed E-state index contributed by atoms with van der Waals surface area (Å²) in [4.78, 5) is 2.22. The first kappa shape index (κ1) is 8.97. The monoisotopic (exact) mass is 159 g/mol. The Morgan fingerprint density at radius 3 is 2.45 bits per heavy atom. The van der Waals surface area contributed by atoms with Gasteiger partial charge in [0, 0.05) is 27.3 Å². The van der Waals surface area contributed by atoms with Crippen molar-refractivity contribution in [1.29, 1.82) is 0 Å². The molecule has 3 nitrogen and oxygen atoms in total. The van der Waals surface area contributed by atoms with Crippen LogP contribution >= 0.6 is 0 Å². The lowest BCUT2D eigenvalue weighted by molar-refractivity contribution is -0.0752. The van der Waals surface area contributed by atoms with Gasteiger partial charge in [-0.1, -0.05) is 0 Å². The number of likely N-dealkylation sites (tertiary alicyclic amines) is 1. The quantitative estimate of drug-likeness (QED) is 0.580. The maximum absolute atomic E-state index is 5.41. The number of nitrogens with zero attached hydrogens (tertiary/aromatic N) is 1. The van der Waals surface area contributed by atoms with Crippen LogP contribution in [-0.2, 0) is 9.47 Å². The highest BCUT2D eigenvalue weighted by Crippen LogP contribution is 2.25. The SMILES string of the molecule is CO[C@H]1CN(C)C[C@@]1(C)OC. The highest BCUT2D eigenvalue weighted by Gasteiger charge is 2.42. The molecule has 0 aromatic rings. The van der Waals surface area contributed by atoms with Gasteiger partial charge in [0.1, 0.15) is 5.60 Å². The molecule has 3 heteroatoms. The highest BCUT2D eigenvalue weighted by atomic mass is 16.5. The van der Waals surface area contributed by atoms with E-state index in [1.165, 1.54) is 0 Å². The van der Waals surface area contributed by atoms with Gasteiger partial charge in [0.05, 0.1) is 6.10 Å². The van der Waals surface area contributed by atoms with Crippen LogP contribution in [0.4, 0.5) is 0 Å². The third kappa shape index (κ3) is 1.55. The van der Waals surface area contributed by atoms with Crippen molar-refractivity contribution < 1.29 is 9.47 Å². The summed E-state index contributed by atoms with van der Waals surface area (Å²) in [6.07, 6.45) is 0.206. The zero-order chi connectivity index (χ0) is 8.48. The van der Waals surface area contributed by atoms with Crippen molar-refractivity contribution in [1.82, 2.24) is 4.90 Å². The molecule has 1 heterocycles. The number of likely N-dealkylation sites (N-methyl/N-ethyl adjacent to an activating group) is 1. The van der Waals surface area contributed by atoms with Crippen molar-refractivity contribution in [2.24, 2.45) is 0 Å². The molecule has 0 saturated carbocycles. The average molecular weight is 159 g/mol.